The Kier molecular flexibility index (Phi) is 4.74. The van der Waals surface area contributed by atoms with Gasteiger partial charge in [-0.3, -0.25) is 4.57 Å². The average molecular weight is 313 g/mol. The Balaban J connectivity index is 2.32. The molecule has 7 nitrogen and oxygen atoms in total. The van der Waals surface area contributed by atoms with E-state index in [1.54, 1.807) is 6.21 Å². The molecule has 1 saturated heterocycles. The summed E-state index contributed by atoms with van der Waals surface area (Å²) in [5.41, 5.74) is -2.96. The summed E-state index contributed by atoms with van der Waals surface area (Å²) < 4.78 is 20.8. The first kappa shape index (κ1) is 16.7. The van der Waals surface area contributed by atoms with E-state index in [-0.39, 0.29) is 11.7 Å². The highest BCUT2D eigenvalue weighted by Gasteiger charge is 2.55. The van der Waals surface area contributed by atoms with Crippen molar-refractivity contribution in [2.75, 3.05) is 6.61 Å². The molecule has 0 unspecified atom stereocenters. The van der Waals surface area contributed by atoms with E-state index in [9.17, 15) is 14.3 Å². The average Bonchev–Trinajstić information content (AvgIpc) is 2.68. The molecule has 122 valence electrons. The number of hydrogen-bond donors (Lipinski definition) is 2. The molecular formula is C14H20FN3O4. The second-order valence-electron chi connectivity index (χ2n) is 5.80. The summed E-state index contributed by atoms with van der Waals surface area (Å²) in [5.74, 6) is 0.421. The van der Waals surface area contributed by atoms with Gasteiger partial charge in [0.2, 0.25) is 0 Å². The number of halogens is 1. The third-order valence-corrected chi connectivity index (χ3v) is 3.47. The number of aromatic nitrogens is 2. The molecule has 2 N–H and O–H groups in total. The summed E-state index contributed by atoms with van der Waals surface area (Å²) in [6, 6.07) is 1.46. The van der Waals surface area contributed by atoms with Gasteiger partial charge in [0.15, 0.2) is 17.7 Å². The monoisotopic (exact) mass is 313 g/mol. The molecule has 0 amide bonds. The van der Waals surface area contributed by atoms with E-state index in [0.717, 1.165) is 11.5 Å². The predicted octanol–water partition coefficient (Wildman–Crippen LogP) is 0.580. The van der Waals surface area contributed by atoms with E-state index < -0.39 is 36.4 Å². The highest BCUT2D eigenvalue weighted by atomic mass is 19.1. The number of alkyl halides is 1. The summed E-state index contributed by atoms with van der Waals surface area (Å²) in [6.45, 7) is 4.44. The van der Waals surface area contributed by atoms with Crippen molar-refractivity contribution in [3.05, 3.63) is 22.7 Å². The summed E-state index contributed by atoms with van der Waals surface area (Å²) in [4.78, 5) is 19.8. The molecule has 0 spiro atoms. The highest BCUT2D eigenvalue weighted by Crippen LogP contribution is 2.40. The minimum absolute atomic E-state index is 0.206. The van der Waals surface area contributed by atoms with Crippen LogP contribution in [0.4, 0.5) is 10.2 Å². The fourth-order valence-electron chi connectivity index (χ4n) is 2.24. The smallest absolute Gasteiger partial charge is 0.351 e. The number of aliphatic imine (C=N–C) groups is 1. The van der Waals surface area contributed by atoms with Crippen LogP contribution < -0.4 is 5.69 Å². The van der Waals surface area contributed by atoms with Gasteiger partial charge in [0.25, 0.3) is 0 Å². The van der Waals surface area contributed by atoms with Gasteiger partial charge in [0, 0.05) is 12.4 Å². The number of aliphatic hydroxyl groups is 2. The quantitative estimate of drug-likeness (QED) is 0.793. The zero-order valence-electron chi connectivity index (χ0n) is 12.7. The van der Waals surface area contributed by atoms with Gasteiger partial charge in [0.05, 0.1) is 6.61 Å². The van der Waals surface area contributed by atoms with Gasteiger partial charge in [-0.1, -0.05) is 13.8 Å². The topological polar surface area (TPSA) is 96.9 Å². The summed E-state index contributed by atoms with van der Waals surface area (Å²) in [5, 5.41) is 18.9. The minimum atomic E-state index is -2.22. The normalized spacial score (nSPS) is 32.2. The first-order valence-corrected chi connectivity index (χ1v) is 7.04. The molecule has 8 heteroatoms. The maximum atomic E-state index is 14.6. The van der Waals surface area contributed by atoms with Crippen molar-refractivity contribution in [3.8, 4) is 0 Å². The molecule has 0 aromatic carbocycles. The van der Waals surface area contributed by atoms with Crippen LogP contribution in [0.3, 0.4) is 0 Å². The van der Waals surface area contributed by atoms with Gasteiger partial charge in [-0.15, -0.1) is 0 Å². The van der Waals surface area contributed by atoms with Crippen molar-refractivity contribution in [1.82, 2.24) is 9.55 Å². The number of nitrogens with zero attached hydrogens (tertiary/aromatic N) is 3. The molecule has 0 bridgehead atoms. The van der Waals surface area contributed by atoms with Crippen molar-refractivity contribution >= 4 is 12.0 Å². The molecule has 0 radical (unpaired) electrons. The van der Waals surface area contributed by atoms with E-state index in [1.807, 2.05) is 13.8 Å². The molecule has 2 heterocycles. The summed E-state index contributed by atoms with van der Waals surface area (Å²) in [6.07, 6.45) is -1.03. The van der Waals surface area contributed by atoms with Crippen molar-refractivity contribution in [1.29, 1.82) is 0 Å². The largest absolute Gasteiger partial charge is 0.394 e. The van der Waals surface area contributed by atoms with Gasteiger partial charge < -0.3 is 14.9 Å². The summed E-state index contributed by atoms with van der Waals surface area (Å²) in [7, 11) is 0. The van der Waals surface area contributed by atoms with Crippen LogP contribution in [0.2, 0.25) is 0 Å². The van der Waals surface area contributed by atoms with Crippen LogP contribution in [0.1, 0.15) is 27.0 Å². The summed E-state index contributed by atoms with van der Waals surface area (Å²) >= 11 is 0. The molecule has 1 aliphatic rings. The van der Waals surface area contributed by atoms with Crippen LogP contribution in [-0.2, 0) is 4.74 Å². The van der Waals surface area contributed by atoms with Crippen LogP contribution in [0, 0.1) is 5.92 Å². The lowest BCUT2D eigenvalue weighted by atomic mass is 9.98. The van der Waals surface area contributed by atoms with Crippen LogP contribution >= 0.6 is 0 Å². The zero-order valence-corrected chi connectivity index (χ0v) is 12.7. The number of hydrogen-bond acceptors (Lipinski definition) is 6. The molecule has 22 heavy (non-hydrogen) atoms. The first-order chi connectivity index (χ1) is 10.3. The lowest BCUT2D eigenvalue weighted by molar-refractivity contribution is -0.0610. The Morgan fingerprint density at radius 3 is 2.82 bits per heavy atom. The maximum Gasteiger partial charge on any atom is 0.351 e. The van der Waals surface area contributed by atoms with Crippen LogP contribution in [0.25, 0.3) is 0 Å². The predicted molar refractivity (Wildman–Crippen MR) is 78.0 cm³/mol. The van der Waals surface area contributed by atoms with Crippen molar-refractivity contribution in [3.63, 3.8) is 0 Å². The first-order valence-electron chi connectivity index (χ1n) is 7.04. The lowest BCUT2D eigenvalue weighted by Gasteiger charge is -2.24. The maximum absolute atomic E-state index is 14.6. The highest BCUT2D eigenvalue weighted by molar-refractivity contribution is 5.63. The Labute approximate surface area is 127 Å². The van der Waals surface area contributed by atoms with E-state index in [2.05, 4.69) is 9.98 Å². The molecule has 0 saturated carbocycles. The lowest BCUT2D eigenvalue weighted by Crippen LogP contribution is -2.42. The standard InChI is InChI=1S/C14H20FN3O4/c1-8(2)6-16-10-4-5-18(13(21)17-10)12-14(3,15)11(20)9(7-19)22-12/h4-6,8-9,11-12,19-20H,7H2,1-3H3/b16-6+/t9-,11-,12-,14-/m1/s1. The second kappa shape index (κ2) is 6.23. The third-order valence-electron chi connectivity index (χ3n) is 3.47. The van der Waals surface area contributed by atoms with Gasteiger partial charge in [-0.05, 0) is 18.9 Å². The van der Waals surface area contributed by atoms with Gasteiger partial charge in [-0.2, -0.15) is 4.98 Å². The Hall–Kier alpha value is -1.64. The fourth-order valence-corrected chi connectivity index (χ4v) is 2.24. The Morgan fingerprint density at radius 1 is 1.64 bits per heavy atom. The third kappa shape index (κ3) is 3.08. The van der Waals surface area contributed by atoms with Gasteiger partial charge >= 0.3 is 5.69 Å². The molecule has 1 aromatic heterocycles. The van der Waals surface area contributed by atoms with Crippen LogP contribution in [0.5, 0.6) is 0 Å². The Bertz CT molecular complexity index is 614. The number of aliphatic hydroxyl groups excluding tert-OH is 2. The molecule has 2 rings (SSSR count). The minimum Gasteiger partial charge on any atom is -0.394 e. The second-order valence-corrected chi connectivity index (χ2v) is 5.80. The molecule has 1 aliphatic heterocycles. The number of rotatable bonds is 4. The number of ether oxygens (including phenoxy) is 1. The molecule has 1 aromatic rings. The Morgan fingerprint density at radius 2 is 2.32 bits per heavy atom. The van der Waals surface area contributed by atoms with Crippen molar-refractivity contribution < 1.29 is 19.3 Å². The van der Waals surface area contributed by atoms with E-state index in [4.69, 9.17) is 9.84 Å². The molecular weight excluding hydrogens is 293 g/mol. The van der Waals surface area contributed by atoms with E-state index >= 15 is 0 Å². The zero-order chi connectivity index (χ0) is 16.5. The van der Waals surface area contributed by atoms with Crippen molar-refractivity contribution in [2.45, 2.75) is 44.9 Å². The molecule has 1 fully saturated rings. The molecule has 0 aliphatic carbocycles. The van der Waals surface area contributed by atoms with Gasteiger partial charge in [0.1, 0.15) is 12.2 Å². The van der Waals surface area contributed by atoms with E-state index in [0.29, 0.717) is 0 Å². The molecule has 4 atom stereocenters. The van der Waals surface area contributed by atoms with Crippen LogP contribution in [-0.4, -0.2) is 50.5 Å². The van der Waals surface area contributed by atoms with E-state index in [1.165, 1.54) is 12.3 Å². The van der Waals surface area contributed by atoms with Crippen LogP contribution in [0.15, 0.2) is 22.1 Å². The van der Waals surface area contributed by atoms with Gasteiger partial charge in [-0.25, -0.2) is 14.2 Å². The SMILES string of the molecule is CC(C)/C=N/c1ccn([C@@H]2O[C@H](CO)[C@@H](O)[C@@]2(C)F)c(=O)n1. The van der Waals surface area contributed by atoms with Crippen molar-refractivity contribution in [2.24, 2.45) is 10.9 Å². The fraction of sp³-hybridized carbons (Fsp3) is 0.643.